The zero-order valence-electron chi connectivity index (χ0n) is 9.37. The molecule has 1 heterocycles. The summed E-state index contributed by atoms with van der Waals surface area (Å²) in [6.45, 7) is 0.762. The molecule has 2 rings (SSSR count). The number of hydrogen-bond acceptors (Lipinski definition) is 2. The van der Waals surface area contributed by atoms with E-state index in [1.807, 2.05) is 49.1 Å². The number of imidazole rings is 1. The monoisotopic (exact) mass is 235 g/mol. The van der Waals surface area contributed by atoms with Crippen molar-refractivity contribution in [2.24, 2.45) is 7.05 Å². The number of halogens is 1. The maximum Gasteiger partial charge on any atom is 0.141 e. The lowest BCUT2D eigenvalue weighted by atomic mass is 10.2. The third-order valence-electron chi connectivity index (χ3n) is 2.40. The normalized spacial score (nSPS) is 10.7. The quantitative estimate of drug-likeness (QED) is 0.886. The highest BCUT2D eigenvalue weighted by Crippen LogP contribution is 2.26. The minimum Gasteiger partial charge on any atom is -0.334 e. The molecule has 0 spiro atoms. The van der Waals surface area contributed by atoms with Crippen molar-refractivity contribution in [3.05, 3.63) is 41.2 Å². The summed E-state index contributed by atoms with van der Waals surface area (Å²) in [6.07, 6.45) is 2.01. The summed E-state index contributed by atoms with van der Waals surface area (Å²) in [5.41, 5.74) is 1.98. The van der Waals surface area contributed by atoms with Gasteiger partial charge in [0.1, 0.15) is 5.82 Å². The smallest absolute Gasteiger partial charge is 0.141 e. The van der Waals surface area contributed by atoms with Gasteiger partial charge < -0.3 is 9.88 Å². The van der Waals surface area contributed by atoms with Crippen LogP contribution < -0.4 is 5.32 Å². The van der Waals surface area contributed by atoms with Crippen LogP contribution in [0.2, 0.25) is 5.02 Å². The fraction of sp³-hybridized carbons (Fsp3) is 0.250. The first-order valence-corrected chi connectivity index (χ1v) is 5.52. The maximum atomic E-state index is 6.15. The van der Waals surface area contributed by atoms with Crippen molar-refractivity contribution < 1.29 is 0 Å². The summed E-state index contributed by atoms with van der Waals surface area (Å²) in [7, 11) is 3.88. The van der Waals surface area contributed by atoms with Gasteiger partial charge in [0.15, 0.2) is 0 Å². The van der Waals surface area contributed by atoms with Crippen molar-refractivity contribution in [1.82, 2.24) is 14.9 Å². The molecule has 1 aromatic heterocycles. The molecule has 0 aliphatic heterocycles. The van der Waals surface area contributed by atoms with E-state index in [-0.39, 0.29) is 0 Å². The molecular formula is C12H14ClN3. The Bertz CT molecular complexity index is 491. The van der Waals surface area contributed by atoms with E-state index in [4.69, 9.17) is 11.6 Å². The van der Waals surface area contributed by atoms with Gasteiger partial charge in [0.25, 0.3) is 0 Å². The first-order valence-electron chi connectivity index (χ1n) is 5.14. The number of nitrogens with one attached hydrogen (secondary N) is 1. The lowest BCUT2D eigenvalue weighted by Gasteiger charge is -2.02. The molecule has 2 aromatic rings. The topological polar surface area (TPSA) is 29.9 Å². The van der Waals surface area contributed by atoms with Crippen LogP contribution in [-0.4, -0.2) is 16.6 Å². The van der Waals surface area contributed by atoms with Gasteiger partial charge in [-0.2, -0.15) is 0 Å². The molecule has 0 fully saturated rings. The Morgan fingerprint density at radius 3 is 2.81 bits per heavy atom. The molecule has 0 atom stereocenters. The molecule has 84 valence electrons. The first-order chi connectivity index (χ1) is 7.72. The van der Waals surface area contributed by atoms with Gasteiger partial charge in [-0.15, -0.1) is 0 Å². The Kier molecular flexibility index (Phi) is 3.27. The van der Waals surface area contributed by atoms with Gasteiger partial charge in [0.2, 0.25) is 0 Å². The van der Waals surface area contributed by atoms with E-state index in [0.29, 0.717) is 0 Å². The molecule has 16 heavy (non-hydrogen) atoms. The van der Waals surface area contributed by atoms with Gasteiger partial charge in [-0.05, 0) is 19.2 Å². The molecule has 0 amide bonds. The van der Waals surface area contributed by atoms with Gasteiger partial charge in [-0.25, -0.2) is 4.98 Å². The minimum atomic E-state index is 0.729. The van der Waals surface area contributed by atoms with Crippen LogP contribution in [0.15, 0.2) is 30.5 Å². The predicted molar refractivity (Wildman–Crippen MR) is 66.4 cm³/mol. The average Bonchev–Trinajstić information content (AvgIpc) is 2.61. The minimum absolute atomic E-state index is 0.729. The van der Waals surface area contributed by atoms with Crippen LogP contribution in [0.25, 0.3) is 11.4 Å². The largest absolute Gasteiger partial charge is 0.334 e. The number of aryl methyl sites for hydroxylation is 1. The van der Waals surface area contributed by atoms with Crippen LogP contribution in [-0.2, 0) is 13.6 Å². The SMILES string of the molecule is CNCc1cn(C)c(-c2ccccc2Cl)n1. The number of aromatic nitrogens is 2. The molecule has 0 bridgehead atoms. The second kappa shape index (κ2) is 4.68. The Morgan fingerprint density at radius 1 is 1.38 bits per heavy atom. The van der Waals surface area contributed by atoms with E-state index in [2.05, 4.69) is 10.3 Å². The van der Waals surface area contributed by atoms with Crippen molar-refractivity contribution in [3.63, 3.8) is 0 Å². The Hall–Kier alpha value is -1.32. The van der Waals surface area contributed by atoms with E-state index in [1.165, 1.54) is 0 Å². The summed E-state index contributed by atoms with van der Waals surface area (Å²) < 4.78 is 1.99. The standard InChI is InChI=1S/C12H14ClN3/c1-14-7-9-8-16(2)12(15-9)10-5-3-4-6-11(10)13/h3-6,8,14H,7H2,1-2H3. The van der Waals surface area contributed by atoms with Crippen LogP contribution in [0.1, 0.15) is 5.69 Å². The van der Waals surface area contributed by atoms with Crippen LogP contribution >= 0.6 is 11.6 Å². The van der Waals surface area contributed by atoms with Crippen LogP contribution in [0, 0.1) is 0 Å². The van der Waals surface area contributed by atoms with Crippen LogP contribution in [0.5, 0.6) is 0 Å². The second-order valence-corrected chi connectivity index (χ2v) is 4.08. The zero-order chi connectivity index (χ0) is 11.5. The molecule has 0 radical (unpaired) electrons. The fourth-order valence-corrected chi connectivity index (χ4v) is 1.91. The predicted octanol–water partition coefficient (Wildman–Crippen LogP) is 2.46. The number of nitrogens with zero attached hydrogens (tertiary/aromatic N) is 2. The van der Waals surface area contributed by atoms with Gasteiger partial charge in [-0.1, -0.05) is 23.7 Å². The van der Waals surface area contributed by atoms with Gasteiger partial charge >= 0.3 is 0 Å². The van der Waals surface area contributed by atoms with Gasteiger partial charge in [0.05, 0.1) is 10.7 Å². The van der Waals surface area contributed by atoms with Gasteiger partial charge in [0, 0.05) is 25.4 Å². The first kappa shape index (κ1) is 11.2. The zero-order valence-corrected chi connectivity index (χ0v) is 10.1. The van der Waals surface area contributed by atoms with Crippen LogP contribution in [0.4, 0.5) is 0 Å². The van der Waals surface area contributed by atoms with Crippen molar-refractivity contribution in [2.75, 3.05) is 7.05 Å². The third-order valence-corrected chi connectivity index (χ3v) is 2.73. The molecule has 0 aliphatic carbocycles. The highest BCUT2D eigenvalue weighted by atomic mass is 35.5. The highest BCUT2D eigenvalue weighted by molar-refractivity contribution is 6.33. The van der Waals surface area contributed by atoms with Crippen molar-refractivity contribution in [3.8, 4) is 11.4 Å². The molecule has 3 nitrogen and oxygen atoms in total. The molecule has 4 heteroatoms. The lowest BCUT2D eigenvalue weighted by Crippen LogP contribution is -2.04. The van der Waals surface area contributed by atoms with E-state index in [9.17, 15) is 0 Å². The Labute approximate surface area is 100 Å². The van der Waals surface area contributed by atoms with Gasteiger partial charge in [-0.3, -0.25) is 0 Å². The molecule has 0 unspecified atom stereocenters. The Balaban J connectivity index is 2.44. The summed E-state index contributed by atoms with van der Waals surface area (Å²) in [5, 5.41) is 3.81. The summed E-state index contributed by atoms with van der Waals surface area (Å²) in [4.78, 5) is 4.55. The van der Waals surface area contributed by atoms with E-state index < -0.39 is 0 Å². The van der Waals surface area contributed by atoms with Crippen LogP contribution in [0.3, 0.4) is 0 Å². The maximum absolute atomic E-state index is 6.15. The van der Waals surface area contributed by atoms with E-state index >= 15 is 0 Å². The molecule has 0 saturated carbocycles. The fourth-order valence-electron chi connectivity index (χ4n) is 1.69. The lowest BCUT2D eigenvalue weighted by molar-refractivity contribution is 0.795. The summed E-state index contributed by atoms with van der Waals surface area (Å²) >= 11 is 6.15. The summed E-state index contributed by atoms with van der Waals surface area (Å²) in [6, 6.07) is 7.74. The van der Waals surface area contributed by atoms with E-state index in [0.717, 1.165) is 28.6 Å². The third kappa shape index (κ3) is 2.10. The molecule has 0 aliphatic rings. The molecule has 1 N–H and O–H groups in total. The Morgan fingerprint density at radius 2 is 2.12 bits per heavy atom. The average molecular weight is 236 g/mol. The highest BCUT2D eigenvalue weighted by Gasteiger charge is 2.09. The number of rotatable bonds is 3. The van der Waals surface area contributed by atoms with Crippen molar-refractivity contribution >= 4 is 11.6 Å². The van der Waals surface area contributed by atoms with E-state index in [1.54, 1.807) is 0 Å². The number of hydrogen-bond donors (Lipinski definition) is 1. The molecule has 1 aromatic carbocycles. The summed E-state index contributed by atoms with van der Waals surface area (Å²) in [5.74, 6) is 0.899. The molecule has 0 saturated heterocycles. The van der Waals surface area contributed by atoms with Crippen molar-refractivity contribution in [2.45, 2.75) is 6.54 Å². The molecular weight excluding hydrogens is 222 g/mol. The number of benzene rings is 1. The second-order valence-electron chi connectivity index (χ2n) is 3.68. The van der Waals surface area contributed by atoms with Crippen molar-refractivity contribution in [1.29, 1.82) is 0 Å².